The lowest BCUT2D eigenvalue weighted by molar-refractivity contribution is 0.472. The molecule has 33 heavy (non-hydrogen) atoms. The zero-order valence-corrected chi connectivity index (χ0v) is 18.3. The van der Waals surface area contributed by atoms with E-state index < -0.39 is 0 Å². The number of benzene rings is 2. The van der Waals surface area contributed by atoms with Crippen LogP contribution in [0.25, 0.3) is 22.5 Å². The van der Waals surface area contributed by atoms with Crippen LogP contribution in [-0.2, 0) is 7.05 Å². The Hall–Kier alpha value is -4.46. The molecule has 0 atom stereocenters. The zero-order valence-electron chi connectivity index (χ0n) is 18.3. The van der Waals surface area contributed by atoms with Crippen LogP contribution in [0.5, 0.6) is 5.75 Å². The number of hydrogen-bond acceptors (Lipinski definition) is 5. The van der Waals surface area contributed by atoms with Crippen LogP contribution in [0.15, 0.2) is 95.8 Å². The van der Waals surface area contributed by atoms with Crippen molar-refractivity contribution < 1.29 is 4.74 Å². The minimum atomic E-state index is -0.306. The predicted octanol–water partition coefficient (Wildman–Crippen LogP) is 3.90. The van der Waals surface area contributed by atoms with E-state index in [1.807, 2.05) is 84.7 Å². The van der Waals surface area contributed by atoms with Gasteiger partial charge >= 0.3 is 5.69 Å². The first-order valence-electron chi connectivity index (χ1n) is 10.5. The lowest BCUT2D eigenvalue weighted by Gasteiger charge is -2.13. The van der Waals surface area contributed by atoms with Gasteiger partial charge in [-0.25, -0.2) is 9.48 Å². The molecule has 8 nitrogen and oxygen atoms in total. The molecule has 2 heterocycles. The molecule has 1 aliphatic rings. The molecule has 4 aromatic rings. The third kappa shape index (κ3) is 4.06. The topological polar surface area (TPSA) is 79.8 Å². The molecule has 0 spiro atoms. The van der Waals surface area contributed by atoms with Gasteiger partial charge in [0.25, 0.3) is 0 Å². The Morgan fingerprint density at radius 1 is 1.06 bits per heavy atom. The maximum Gasteiger partial charge on any atom is 0.368 e. The Morgan fingerprint density at radius 3 is 2.67 bits per heavy atom. The summed E-state index contributed by atoms with van der Waals surface area (Å²) in [6, 6.07) is 16.0. The lowest BCUT2D eigenvalue weighted by Crippen LogP contribution is -2.24. The van der Waals surface area contributed by atoms with E-state index in [-0.39, 0.29) is 5.69 Å². The molecule has 2 aromatic heterocycles. The first-order chi connectivity index (χ1) is 16.1. The van der Waals surface area contributed by atoms with Gasteiger partial charge in [0.1, 0.15) is 5.75 Å². The number of tetrazole rings is 1. The number of nitrogens with zero attached hydrogens (tertiary/aromatic N) is 6. The van der Waals surface area contributed by atoms with Gasteiger partial charge in [-0.3, -0.25) is 0 Å². The standard InChI is InChI=1S/C25H22N6O2/c1-18-14-19(21-15-26-30(16-21)22-9-4-3-5-10-22)12-13-24(18)33-17-20-8-6-7-11-23(20)31-25(32)29(2)27-28-31/h3-7,9-17H,8H2,1-2H3. The molecule has 1 aliphatic carbocycles. The Balaban J connectivity index is 1.37. The van der Waals surface area contributed by atoms with E-state index in [0.29, 0.717) is 12.1 Å². The van der Waals surface area contributed by atoms with Crippen LogP contribution >= 0.6 is 0 Å². The summed E-state index contributed by atoms with van der Waals surface area (Å²) in [5.41, 5.74) is 5.27. The highest BCUT2D eigenvalue weighted by atomic mass is 16.5. The number of aromatic nitrogens is 6. The fourth-order valence-electron chi connectivity index (χ4n) is 3.64. The number of para-hydroxylation sites is 1. The Morgan fingerprint density at radius 2 is 1.91 bits per heavy atom. The maximum absolute atomic E-state index is 12.3. The van der Waals surface area contributed by atoms with Crippen LogP contribution in [0, 0.1) is 6.92 Å². The van der Waals surface area contributed by atoms with Crippen molar-refractivity contribution in [3.05, 3.63) is 107 Å². The van der Waals surface area contributed by atoms with Crippen molar-refractivity contribution in [2.45, 2.75) is 13.3 Å². The van der Waals surface area contributed by atoms with Gasteiger partial charge < -0.3 is 4.74 Å². The molecule has 164 valence electrons. The molecule has 0 amide bonds. The Bertz CT molecular complexity index is 1450. The van der Waals surface area contributed by atoms with Gasteiger partial charge in [-0.2, -0.15) is 14.5 Å². The quantitative estimate of drug-likeness (QED) is 0.442. The average molecular weight is 438 g/mol. The predicted molar refractivity (Wildman–Crippen MR) is 126 cm³/mol. The van der Waals surface area contributed by atoms with Gasteiger partial charge in [0.2, 0.25) is 0 Å². The van der Waals surface area contributed by atoms with Crippen molar-refractivity contribution in [1.29, 1.82) is 0 Å². The third-order valence-corrected chi connectivity index (χ3v) is 5.45. The van der Waals surface area contributed by atoms with Crippen molar-refractivity contribution in [2.75, 3.05) is 0 Å². The lowest BCUT2D eigenvalue weighted by atomic mass is 10.1. The highest BCUT2D eigenvalue weighted by Gasteiger charge is 2.15. The van der Waals surface area contributed by atoms with Crippen LogP contribution in [0.4, 0.5) is 0 Å². The van der Waals surface area contributed by atoms with E-state index in [1.165, 1.54) is 9.36 Å². The first kappa shape index (κ1) is 20.4. The van der Waals surface area contributed by atoms with Crippen molar-refractivity contribution in [3.8, 4) is 22.6 Å². The number of ether oxygens (including phenoxy) is 1. The van der Waals surface area contributed by atoms with Crippen LogP contribution in [0.1, 0.15) is 12.0 Å². The summed E-state index contributed by atoms with van der Waals surface area (Å²) < 4.78 is 10.3. The Kier molecular flexibility index (Phi) is 5.32. The van der Waals surface area contributed by atoms with Gasteiger partial charge in [0.05, 0.1) is 23.8 Å². The molecular weight excluding hydrogens is 416 g/mol. The second-order valence-electron chi connectivity index (χ2n) is 7.73. The largest absolute Gasteiger partial charge is 0.464 e. The van der Waals surface area contributed by atoms with Crippen molar-refractivity contribution in [3.63, 3.8) is 0 Å². The summed E-state index contributed by atoms with van der Waals surface area (Å²) in [6.07, 6.45) is 11.9. The summed E-state index contributed by atoms with van der Waals surface area (Å²) in [5, 5.41) is 12.2. The van der Waals surface area contributed by atoms with Crippen molar-refractivity contribution in [1.82, 2.24) is 29.6 Å². The minimum absolute atomic E-state index is 0.306. The molecule has 0 bridgehead atoms. The van der Waals surface area contributed by atoms with Gasteiger partial charge in [-0.05, 0) is 65.2 Å². The molecule has 0 fully saturated rings. The first-order valence-corrected chi connectivity index (χ1v) is 10.5. The van der Waals surface area contributed by atoms with E-state index in [0.717, 1.165) is 33.7 Å². The van der Waals surface area contributed by atoms with Crippen LogP contribution < -0.4 is 10.4 Å². The zero-order chi connectivity index (χ0) is 22.8. The van der Waals surface area contributed by atoms with E-state index >= 15 is 0 Å². The SMILES string of the molecule is Cc1cc(-c2cnn(-c3ccccc3)c2)ccc1OC=C1CC=CC=C1n1nnn(C)c1=O. The molecule has 2 aromatic carbocycles. The van der Waals surface area contributed by atoms with Crippen molar-refractivity contribution in [2.24, 2.45) is 7.05 Å². The summed E-state index contributed by atoms with van der Waals surface area (Å²) >= 11 is 0. The van der Waals surface area contributed by atoms with Gasteiger partial charge in [0.15, 0.2) is 0 Å². The maximum atomic E-state index is 12.3. The fraction of sp³-hybridized carbons (Fsp3) is 0.120. The second-order valence-corrected chi connectivity index (χ2v) is 7.73. The number of allylic oxidation sites excluding steroid dienone is 5. The third-order valence-electron chi connectivity index (χ3n) is 5.45. The van der Waals surface area contributed by atoms with Crippen LogP contribution in [-0.4, -0.2) is 29.6 Å². The minimum Gasteiger partial charge on any atom is -0.464 e. The number of rotatable bonds is 5. The smallest absolute Gasteiger partial charge is 0.368 e. The summed E-state index contributed by atoms with van der Waals surface area (Å²) in [5.74, 6) is 0.738. The molecule has 5 rings (SSSR count). The summed E-state index contributed by atoms with van der Waals surface area (Å²) in [7, 11) is 1.57. The van der Waals surface area contributed by atoms with Crippen LogP contribution in [0.3, 0.4) is 0 Å². The molecule has 8 heteroatoms. The number of hydrogen-bond donors (Lipinski definition) is 0. The number of aryl methyl sites for hydroxylation is 2. The van der Waals surface area contributed by atoms with Gasteiger partial charge in [-0.15, -0.1) is 0 Å². The summed E-state index contributed by atoms with van der Waals surface area (Å²) in [4.78, 5) is 12.3. The van der Waals surface area contributed by atoms with E-state index in [1.54, 1.807) is 13.3 Å². The molecule has 0 saturated heterocycles. The van der Waals surface area contributed by atoms with Crippen LogP contribution in [0.2, 0.25) is 0 Å². The molecule has 0 radical (unpaired) electrons. The van der Waals surface area contributed by atoms with Gasteiger partial charge in [0, 0.05) is 24.4 Å². The van der Waals surface area contributed by atoms with E-state index in [2.05, 4.69) is 21.6 Å². The molecule has 0 saturated carbocycles. The Labute approximate surface area is 190 Å². The normalized spacial score (nSPS) is 14.5. The summed E-state index contributed by atoms with van der Waals surface area (Å²) in [6.45, 7) is 2.00. The van der Waals surface area contributed by atoms with E-state index in [9.17, 15) is 4.79 Å². The molecule has 0 unspecified atom stereocenters. The van der Waals surface area contributed by atoms with E-state index in [4.69, 9.17) is 4.74 Å². The molecular formula is C25H22N6O2. The highest BCUT2D eigenvalue weighted by Crippen LogP contribution is 2.28. The fourth-order valence-corrected chi connectivity index (χ4v) is 3.64. The highest BCUT2D eigenvalue weighted by molar-refractivity contribution is 5.68. The monoisotopic (exact) mass is 438 g/mol. The molecule has 0 N–H and O–H groups in total. The van der Waals surface area contributed by atoms with Gasteiger partial charge in [-0.1, -0.05) is 36.4 Å². The average Bonchev–Trinajstić information content (AvgIpc) is 3.47. The molecule has 0 aliphatic heterocycles. The second kappa shape index (κ2) is 8.58. The van der Waals surface area contributed by atoms with Crippen molar-refractivity contribution >= 4 is 5.70 Å².